The van der Waals surface area contributed by atoms with Gasteiger partial charge in [-0.25, -0.2) is 24.5 Å². The molecule has 1 N–H and O–H groups in total. The van der Waals surface area contributed by atoms with Gasteiger partial charge in [0, 0.05) is 23.2 Å². The molecule has 0 amide bonds. The van der Waals surface area contributed by atoms with Crippen LogP contribution in [0.4, 0.5) is 0 Å². The zero-order valence-electron chi connectivity index (χ0n) is 15.6. The second-order valence-corrected chi connectivity index (χ2v) is 7.31. The number of nitrogens with zero attached hydrogens (tertiary/aromatic N) is 3. The number of ether oxygens (including phenoxy) is 2. The van der Waals surface area contributed by atoms with Crippen molar-refractivity contribution in [1.82, 2.24) is 15.0 Å². The quantitative estimate of drug-likeness (QED) is 0.460. The van der Waals surface area contributed by atoms with Gasteiger partial charge in [0.05, 0.1) is 13.7 Å². The average molecular weight is 433 g/mol. The van der Waals surface area contributed by atoms with Gasteiger partial charge in [0.15, 0.2) is 17.2 Å². The van der Waals surface area contributed by atoms with Crippen molar-refractivity contribution >= 4 is 40.4 Å². The van der Waals surface area contributed by atoms with E-state index in [9.17, 15) is 19.5 Å². The maximum absolute atomic E-state index is 12.2. The number of thiazole rings is 2. The molecule has 0 atom stereocenters. The maximum atomic E-state index is 12.2. The highest BCUT2D eigenvalue weighted by atomic mass is 32.1. The molecular weight excluding hydrogens is 418 g/mol. The van der Waals surface area contributed by atoms with Gasteiger partial charge in [0.2, 0.25) is 0 Å². The number of ketones is 1. The molecule has 0 spiro atoms. The van der Waals surface area contributed by atoms with Gasteiger partial charge in [-0.05, 0) is 13.0 Å². The number of hydrogen-bond donors (Lipinski definition) is 1. The van der Waals surface area contributed by atoms with E-state index in [1.807, 2.05) is 0 Å². The molecule has 0 unspecified atom stereocenters. The van der Waals surface area contributed by atoms with Crippen molar-refractivity contribution in [1.29, 1.82) is 0 Å². The summed E-state index contributed by atoms with van der Waals surface area (Å²) in [5.74, 6) is -1.81. The van der Waals surface area contributed by atoms with Crippen molar-refractivity contribution in [2.75, 3.05) is 13.7 Å². The summed E-state index contributed by atoms with van der Waals surface area (Å²) in [7, 11) is 1.24. The normalized spacial score (nSPS) is 10.6. The van der Waals surface area contributed by atoms with Gasteiger partial charge >= 0.3 is 11.9 Å². The summed E-state index contributed by atoms with van der Waals surface area (Å²) < 4.78 is 9.53. The zero-order chi connectivity index (χ0) is 21.1. The summed E-state index contributed by atoms with van der Waals surface area (Å²) >= 11 is 2.20. The third kappa shape index (κ3) is 4.15. The second kappa shape index (κ2) is 8.45. The lowest BCUT2D eigenvalue weighted by Crippen LogP contribution is -2.05. The fourth-order valence-electron chi connectivity index (χ4n) is 2.37. The number of carbonyl (C=O) groups excluding carboxylic acids is 3. The number of aromatic nitrogens is 3. The van der Waals surface area contributed by atoms with Crippen LogP contribution in [0.5, 0.6) is 5.75 Å². The SMILES string of the molecule is CCOC(=O)c1csc(-c2nc(C(C)=O)c(-c3nc(C(=O)OC)cs3)cc2O)n1. The van der Waals surface area contributed by atoms with Crippen LogP contribution in [0.2, 0.25) is 0 Å². The Labute approximate surface area is 173 Å². The standard InChI is InChI=1S/C18H15N3O6S2/c1-4-27-18(25)11-7-29-16(20-11)14-12(23)5-9(13(21-14)8(2)22)15-19-10(6-28-15)17(24)26-3/h5-7,23H,4H2,1-3H3. The summed E-state index contributed by atoms with van der Waals surface area (Å²) in [6.07, 6.45) is 0. The summed E-state index contributed by atoms with van der Waals surface area (Å²) in [6, 6.07) is 1.34. The fourth-order valence-corrected chi connectivity index (χ4v) is 3.96. The predicted molar refractivity (Wildman–Crippen MR) is 105 cm³/mol. The molecule has 0 saturated heterocycles. The maximum Gasteiger partial charge on any atom is 0.357 e. The lowest BCUT2D eigenvalue weighted by Gasteiger charge is -2.08. The number of carbonyl (C=O) groups is 3. The molecule has 0 aliphatic heterocycles. The summed E-state index contributed by atoms with van der Waals surface area (Å²) in [4.78, 5) is 48.2. The number of esters is 2. The van der Waals surface area contributed by atoms with Crippen LogP contribution in [0.15, 0.2) is 16.8 Å². The molecule has 3 rings (SSSR count). The summed E-state index contributed by atoms with van der Waals surface area (Å²) in [5.41, 5.74) is 0.565. The highest BCUT2D eigenvalue weighted by molar-refractivity contribution is 7.13. The lowest BCUT2D eigenvalue weighted by atomic mass is 10.1. The molecule has 0 radical (unpaired) electrons. The van der Waals surface area contributed by atoms with Gasteiger partial charge in [0.1, 0.15) is 27.2 Å². The number of rotatable bonds is 6. The molecular formula is C18H15N3O6S2. The van der Waals surface area contributed by atoms with Gasteiger partial charge in [-0.15, -0.1) is 22.7 Å². The van der Waals surface area contributed by atoms with Crippen molar-refractivity contribution in [3.8, 4) is 27.0 Å². The minimum absolute atomic E-state index is 0.0523. The first-order valence-electron chi connectivity index (χ1n) is 8.27. The van der Waals surface area contributed by atoms with E-state index in [1.165, 1.54) is 30.9 Å². The first-order valence-corrected chi connectivity index (χ1v) is 10.0. The van der Waals surface area contributed by atoms with Crippen molar-refractivity contribution < 1.29 is 29.0 Å². The van der Waals surface area contributed by atoms with Gasteiger partial charge < -0.3 is 14.6 Å². The highest BCUT2D eigenvalue weighted by Crippen LogP contribution is 2.36. The van der Waals surface area contributed by atoms with Gasteiger partial charge in [-0.3, -0.25) is 4.79 Å². The van der Waals surface area contributed by atoms with E-state index in [-0.39, 0.29) is 51.5 Å². The number of pyridine rings is 1. The van der Waals surface area contributed by atoms with Crippen LogP contribution in [0, 0.1) is 0 Å². The summed E-state index contributed by atoms with van der Waals surface area (Å²) in [5, 5.41) is 14.0. The van der Waals surface area contributed by atoms with E-state index < -0.39 is 11.9 Å². The van der Waals surface area contributed by atoms with Crippen LogP contribution >= 0.6 is 22.7 Å². The Bertz CT molecular complexity index is 1100. The molecule has 0 bridgehead atoms. The zero-order valence-corrected chi connectivity index (χ0v) is 17.2. The van der Waals surface area contributed by atoms with Crippen LogP contribution in [-0.2, 0) is 9.47 Å². The van der Waals surface area contributed by atoms with Crippen molar-refractivity contribution in [3.05, 3.63) is 33.9 Å². The Morgan fingerprint density at radius 1 is 1.03 bits per heavy atom. The van der Waals surface area contributed by atoms with Crippen molar-refractivity contribution in [2.45, 2.75) is 13.8 Å². The molecule has 3 heterocycles. The minimum atomic E-state index is -0.611. The molecule has 0 aliphatic rings. The Hall–Kier alpha value is -3.18. The van der Waals surface area contributed by atoms with Crippen LogP contribution in [0.1, 0.15) is 45.3 Å². The van der Waals surface area contributed by atoms with Crippen molar-refractivity contribution in [3.63, 3.8) is 0 Å². The average Bonchev–Trinajstić information content (AvgIpc) is 3.37. The molecule has 0 aromatic carbocycles. The molecule has 0 saturated carbocycles. The number of aromatic hydroxyl groups is 1. The fraction of sp³-hybridized carbons (Fsp3) is 0.222. The van der Waals surface area contributed by atoms with Crippen LogP contribution < -0.4 is 0 Å². The van der Waals surface area contributed by atoms with E-state index in [4.69, 9.17) is 4.74 Å². The molecule has 9 nitrogen and oxygen atoms in total. The Morgan fingerprint density at radius 3 is 2.28 bits per heavy atom. The first kappa shape index (κ1) is 20.6. The molecule has 3 aromatic heterocycles. The van der Waals surface area contributed by atoms with Crippen LogP contribution in [0.3, 0.4) is 0 Å². The van der Waals surface area contributed by atoms with E-state index in [2.05, 4.69) is 19.7 Å². The number of Topliss-reactive ketones (excluding diaryl/α,β-unsaturated/α-hetero) is 1. The first-order chi connectivity index (χ1) is 13.8. The monoisotopic (exact) mass is 433 g/mol. The molecule has 11 heteroatoms. The van der Waals surface area contributed by atoms with Gasteiger partial charge in [-0.2, -0.15) is 0 Å². The van der Waals surface area contributed by atoms with E-state index in [0.29, 0.717) is 5.01 Å². The van der Waals surface area contributed by atoms with Crippen molar-refractivity contribution in [2.24, 2.45) is 0 Å². The van der Waals surface area contributed by atoms with Crippen LogP contribution in [0.25, 0.3) is 21.3 Å². The molecule has 3 aromatic rings. The van der Waals surface area contributed by atoms with Gasteiger partial charge in [-0.1, -0.05) is 0 Å². The Balaban J connectivity index is 2.06. The smallest absolute Gasteiger partial charge is 0.357 e. The predicted octanol–water partition coefficient (Wildman–Crippen LogP) is 3.20. The largest absolute Gasteiger partial charge is 0.506 e. The molecule has 150 valence electrons. The highest BCUT2D eigenvalue weighted by Gasteiger charge is 2.23. The lowest BCUT2D eigenvalue weighted by molar-refractivity contribution is 0.0519. The molecule has 0 fully saturated rings. The minimum Gasteiger partial charge on any atom is -0.506 e. The third-order valence-electron chi connectivity index (χ3n) is 3.66. The topological polar surface area (TPSA) is 129 Å². The molecule has 29 heavy (non-hydrogen) atoms. The van der Waals surface area contributed by atoms with Crippen LogP contribution in [-0.4, -0.2) is 51.5 Å². The Kier molecular flexibility index (Phi) is 5.99. The van der Waals surface area contributed by atoms with E-state index in [1.54, 1.807) is 6.92 Å². The molecule has 0 aliphatic carbocycles. The third-order valence-corrected chi connectivity index (χ3v) is 5.38. The second-order valence-electron chi connectivity index (χ2n) is 5.60. The van der Waals surface area contributed by atoms with E-state index >= 15 is 0 Å². The number of hydrogen-bond acceptors (Lipinski definition) is 11. The van der Waals surface area contributed by atoms with E-state index in [0.717, 1.165) is 22.7 Å². The Morgan fingerprint density at radius 2 is 1.66 bits per heavy atom. The van der Waals surface area contributed by atoms with Gasteiger partial charge in [0.25, 0.3) is 0 Å². The summed E-state index contributed by atoms with van der Waals surface area (Å²) in [6.45, 7) is 3.22. The number of methoxy groups -OCH3 is 1.